The molecule has 30 heavy (non-hydrogen) atoms. The van der Waals surface area contributed by atoms with Crippen LogP contribution in [0, 0.1) is 5.92 Å². The van der Waals surface area contributed by atoms with Crippen molar-refractivity contribution in [3.63, 3.8) is 0 Å². The molecular formula is C20H19N7O3. The molecular weight excluding hydrogens is 386 g/mol. The lowest BCUT2D eigenvalue weighted by Gasteiger charge is -2.28. The van der Waals surface area contributed by atoms with E-state index in [0.717, 1.165) is 0 Å². The summed E-state index contributed by atoms with van der Waals surface area (Å²) in [6, 6.07) is 5.37. The van der Waals surface area contributed by atoms with Gasteiger partial charge < -0.3 is 10.8 Å². The third-order valence-corrected chi connectivity index (χ3v) is 5.78. The van der Waals surface area contributed by atoms with Crippen molar-refractivity contribution in [2.24, 2.45) is 5.92 Å². The lowest BCUT2D eigenvalue weighted by atomic mass is 9.86. The fourth-order valence-electron chi connectivity index (χ4n) is 4.23. The van der Waals surface area contributed by atoms with Crippen LogP contribution < -0.4 is 11.3 Å². The third kappa shape index (κ3) is 2.79. The van der Waals surface area contributed by atoms with Gasteiger partial charge in [0.2, 0.25) is 0 Å². The van der Waals surface area contributed by atoms with Crippen LogP contribution in [0.3, 0.4) is 0 Å². The van der Waals surface area contributed by atoms with Gasteiger partial charge >= 0.3 is 5.97 Å². The van der Waals surface area contributed by atoms with E-state index in [0.29, 0.717) is 48.2 Å². The van der Waals surface area contributed by atoms with Gasteiger partial charge in [-0.2, -0.15) is 0 Å². The van der Waals surface area contributed by atoms with Crippen LogP contribution in [0.4, 0.5) is 5.82 Å². The molecule has 0 aliphatic heterocycles. The number of aromatic nitrogens is 6. The van der Waals surface area contributed by atoms with Crippen molar-refractivity contribution in [2.75, 3.05) is 5.73 Å². The molecule has 10 heteroatoms. The molecule has 10 nitrogen and oxygen atoms in total. The lowest BCUT2D eigenvalue weighted by molar-refractivity contribution is -0.143. The molecule has 4 aromatic rings. The quantitative estimate of drug-likeness (QED) is 0.526. The summed E-state index contributed by atoms with van der Waals surface area (Å²) in [4.78, 5) is 42.1. The van der Waals surface area contributed by atoms with Crippen molar-refractivity contribution in [1.29, 1.82) is 0 Å². The molecule has 1 saturated carbocycles. The molecule has 0 bridgehead atoms. The van der Waals surface area contributed by atoms with Gasteiger partial charge in [0.1, 0.15) is 17.5 Å². The molecule has 1 fully saturated rings. The number of hydrogen-bond acceptors (Lipinski definition) is 7. The summed E-state index contributed by atoms with van der Waals surface area (Å²) in [6.07, 6.45) is 6.86. The van der Waals surface area contributed by atoms with Gasteiger partial charge in [0.25, 0.3) is 5.56 Å². The second-order valence-electron chi connectivity index (χ2n) is 7.48. The fourth-order valence-corrected chi connectivity index (χ4v) is 4.23. The molecule has 0 amide bonds. The van der Waals surface area contributed by atoms with Gasteiger partial charge in [0.05, 0.1) is 17.8 Å². The Morgan fingerprint density at radius 3 is 2.70 bits per heavy atom. The Labute approximate surface area is 170 Å². The summed E-state index contributed by atoms with van der Waals surface area (Å²) in [7, 11) is 0. The van der Waals surface area contributed by atoms with E-state index in [2.05, 4.69) is 19.9 Å². The van der Waals surface area contributed by atoms with E-state index in [1.807, 2.05) is 24.4 Å². The number of nitrogens with two attached hydrogens (primary N) is 1. The maximum absolute atomic E-state index is 13.6. The van der Waals surface area contributed by atoms with E-state index in [-0.39, 0.29) is 29.0 Å². The molecule has 4 heterocycles. The van der Waals surface area contributed by atoms with Crippen molar-refractivity contribution in [3.8, 4) is 11.4 Å². The largest absolute Gasteiger partial charge is 0.481 e. The molecule has 3 N–H and O–H groups in total. The summed E-state index contributed by atoms with van der Waals surface area (Å²) >= 11 is 0. The van der Waals surface area contributed by atoms with Gasteiger partial charge in [-0.25, -0.2) is 19.9 Å². The second kappa shape index (κ2) is 6.90. The van der Waals surface area contributed by atoms with Crippen LogP contribution in [-0.4, -0.2) is 40.0 Å². The lowest BCUT2D eigenvalue weighted by Crippen LogP contribution is -2.32. The van der Waals surface area contributed by atoms with E-state index >= 15 is 0 Å². The summed E-state index contributed by atoms with van der Waals surface area (Å²) in [5, 5.41) is 9.30. The number of rotatable bonds is 3. The number of carboxylic acid groups (broad SMARTS) is 1. The maximum Gasteiger partial charge on any atom is 0.306 e. The highest BCUT2D eigenvalue weighted by Gasteiger charge is 2.30. The monoisotopic (exact) mass is 405 g/mol. The minimum atomic E-state index is -0.793. The first-order valence-corrected chi connectivity index (χ1v) is 9.72. The zero-order chi connectivity index (χ0) is 20.8. The zero-order valence-corrected chi connectivity index (χ0v) is 16.0. The van der Waals surface area contributed by atoms with Crippen LogP contribution in [0.5, 0.6) is 0 Å². The first kappa shape index (κ1) is 18.2. The highest BCUT2D eigenvalue weighted by molar-refractivity contribution is 5.83. The first-order valence-electron chi connectivity index (χ1n) is 9.72. The van der Waals surface area contributed by atoms with Gasteiger partial charge in [-0.15, -0.1) is 0 Å². The SMILES string of the molecule is Nc1ncnc2c1nc(-c1cnc3ccccn13)c(=O)n2C1CCC(C(=O)O)CC1. The third-order valence-electron chi connectivity index (χ3n) is 5.78. The number of nitrogen functional groups attached to an aromatic ring is 1. The molecule has 0 atom stereocenters. The van der Waals surface area contributed by atoms with Crippen LogP contribution in [0.2, 0.25) is 0 Å². The van der Waals surface area contributed by atoms with E-state index in [1.165, 1.54) is 6.33 Å². The number of hydrogen-bond donors (Lipinski definition) is 2. The van der Waals surface area contributed by atoms with E-state index in [4.69, 9.17) is 5.73 Å². The van der Waals surface area contributed by atoms with Crippen LogP contribution >= 0.6 is 0 Å². The molecule has 0 unspecified atom stereocenters. The number of carbonyl (C=O) groups is 1. The van der Waals surface area contributed by atoms with Crippen LogP contribution in [0.15, 0.2) is 41.7 Å². The van der Waals surface area contributed by atoms with E-state index in [9.17, 15) is 14.7 Å². The molecule has 0 aromatic carbocycles. The number of nitrogens with zero attached hydrogens (tertiary/aromatic N) is 6. The topological polar surface area (TPSA) is 141 Å². The smallest absolute Gasteiger partial charge is 0.306 e. The number of imidazole rings is 1. The van der Waals surface area contributed by atoms with Gasteiger partial charge in [-0.1, -0.05) is 6.07 Å². The first-order chi connectivity index (χ1) is 14.5. The molecule has 5 rings (SSSR count). The number of pyridine rings is 1. The summed E-state index contributed by atoms with van der Waals surface area (Å²) in [5.74, 6) is -0.996. The predicted molar refractivity (Wildman–Crippen MR) is 109 cm³/mol. The molecule has 0 spiro atoms. The maximum atomic E-state index is 13.6. The molecule has 152 valence electrons. The summed E-state index contributed by atoms with van der Waals surface area (Å²) in [6.45, 7) is 0. The number of carboxylic acids is 1. The Balaban J connectivity index is 1.72. The van der Waals surface area contributed by atoms with E-state index in [1.54, 1.807) is 15.2 Å². The number of aliphatic carboxylic acids is 1. The Kier molecular flexibility index (Phi) is 4.19. The van der Waals surface area contributed by atoms with Gasteiger partial charge in [0, 0.05) is 12.2 Å². The standard InChI is InChI=1S/C20H19N7O3/c21-17-16-18(24-10-23-17)27(12-6-4-11(5-7-12)20(29)30)19(28)15(25-16)13-9-22-14-3-1-2-8-26(13)14/h1-3,8-12H,4-7H2,(H,29,30)(H2,21,23,24). The minimum Gasteiger partial charge on any atom is -0.481 e. The fraction of sp³-hybridized carbons (Fsp3) is 0.300. The predicted octanol–water partition coefficient (Wildman–Crippen LogP) is 1.90. The van der Waals surface area contributed by atoms with Crippen molar-refractivity contribution < 1.29 is 9.90 Å². The zero-order valence-electron chi connectivity index (χ0n) is 16.0. The highest BCUT2D eigenvalue weighted by atomic mass is 16.4. The minimum absolute atomic E-state index is 0.183. The van der Waals surface area contributed by atoms with Crippen LogP contribution in [0.25, 0.3) is 28.2 Å². The van der Waals surface area contributed by atoms with Crippen molar-refractivity contribution in [3.05, 3.63) is 47.3 Å². The van der Waals surface area contributed by atoms with Crippen molar-refractivity contribution >= 4 is 28.6 Å². The Morgan fingerprint density at radius 2 is 1.93 bits per heavy atom. The number of fused-ring (bicyclic) bond motifs is 2. The number of anilines is 1. The average Bonchev–Trinajstić information content (AvgIpc) is 3.18. The normalized spacial score (nSPS) is 19.3. The Morgan fingerprint density at radius 1 is 1.13 bits per heavy atom. The van der Waals surface area contributed by atoms with Gasteiger partial charge in [0.15, 0.2) is 17.2 Å². The molecule has 0 saturated heterocycles. The van der Waals surface area contributed by atoms with Crippen molar-refractivity contribution in [2.45, 2.75) is 31.7 Å². The summed E-state index contributed by atoms with van der Waals surface area (Å²) < 4.78 is 3.40. The van der Waals surface area contributed by atoms with Gasteiger partial charge in [-0.05, 0) is 37.8 Å². The molecule has 4 aromatic heterocycles. The van der Waals surface area contributed by atoms with Gasteiger partial charge in [-0.3, -0.25) is 18.6 Å². The van der Waals surface area contributed by atoms with Crippen LogP contribution in [0.1, 0.15) is 31.7 Å². The van der Waals surface area contributed by atoms with Crippen LogP contribution in [-0.2, 0) is 4.79 Å². The average molecular weight is 405 g/mol. The molecule has 1 aliphatic carbocycles. The molecule has 1 aliphatic rings. The Hall–Kier alpha value is -3.82. The van der Waals surface area contributed by atoms with Crippen molar-refractivity contribution in [1.82, 2.24) is 28.9 Å². The van der Waals surface area contributed by atoms with E-state index < -0.39 is 5.97 Å². The second-order valence-corrected chi connectivity index (χ2v) is 7.48. The molecule has 0 radical (unpaired) electrons. The summed E-state index contributed by atoms with van der Waals surface area (Å²) in [5.41, 5.74) is 7.94. The Bertz CT molecular complexity index is 1340. The highest BCUT2D eigenvalue weighted by Crippen LogP contribution is 2.33.